The molecule has 198 valence electrons. The maximum atomic E-state index is 13.4. The standard InChI is InChI=1S/C21H32F3N5O5S/c1-12-6-8-29(19(32)16(20(2,3)4)28-35(33,34)21(22,23)24)15(9-12)18(31)27-14(11-25)10-13-5-7-26-17(13)30/h12-16,28H,5-10H2,1-4H3,(H,26,30)(H,27,31)/t12-,13-,14?,15-,16?/m0/s1. The number of nitrogens with one attached hydrogen (secondary N) is 3. The van der Waals surface area contributed by atoms with Gasteiger partial charge in [-0.3, -0.25) is 14.4 Å². The van der Waals surface area contributed by atoms with E-state index in [0.717, 1.165) is 4.90 Å². The molecule has 2 heterocycles. The first-order valence-corrected chi connectivity index (χ1v) is 12.8. The van der Waals surface area contributed by atoms with Crippen LogP contribution in [0.3, 0.4) is 0 Å². The second-order valence-electron chi connectivity index (χ2n) is 10.2. The third kappa shape index (κ3) is 7.07. The molecule has 0 aromatic carbocycles. The molecule has 5 atom stereocenters. The largest absolute Gasteiger partial charge is 0.511 e. The summed E-state index contributed by atoms with van der Waals surface area (Å²) in [4.78, 5) is 39.4. The van der Waals surface area contributed by atoms with Gasteiger partial charge in [-0.25, -0.2) is 8.42 Å². The van der Waals surface area contributed by atoms with Crippen molar-refractivity contribution in [2.75, 3.05) is 13.1 Å². The summed E-state index contributed by atoms with van der Waals surface area (Å²) in [5.74, 6) is -2.30. The Bertz CT molecular complexity index is 973. The molecule has 2 rings (SSSR count). The van der Waals surface area contributed by atoms with E-state index in [9.17, 15) is 41.2 Å². The molecule has 0 aromatic rings. The molecule has 0 aromatic heterocycles. The van der Waals surface area contributed by atoms with Crippen molar-refractivity contribution in [1.29, 1.82) is 5.26 Å². The zero-order valence-electron chi connectivity index (χ0n) is 20.1. The van der Waals surface area contributed by atoms with Crippen LogP contribution in [0.4, 0.5) is 13.2 Å². The molecule has 10 nitrogen and oxygen atoms in total. The number of carbonyl (C=O) groups excluding carboxylic acids is 3. The summed E-state index contributed by atoms with van der Waals surface area (Å²) in [6.45, 7) is 6.58. The number of likely N-dealkylation sites (tertiary alicyclic amines) is 1. The molecule has 3 amide bonds. The Labute approximate surface area is 203 Å². The lowest BCUT2D eigenvalue weighted by Crippen LogP contribution is -2.62. The molecular weight excluding hydrogens is 491 g/mol. The van der Waals surface area contributed by atoms with Gasteiger partial charge in [0.2, 0.25) is 17.7 Å². The molecule has 3 N–H and O–H groups in total. The normalized spacial score (nSPS) is 25.4. The van der Waals surface area contributed by atoms with Gasteiger partial charge in [0.1, 0.15) is 18.1 Å². The molecule has 0 radical (unpaired) electrons. The van der Waals surface area contributed by atoms with Crippen LogP contribution in [-0.4, -0.2) is 67.8 Å². The van der Waals surface area contributed by atoms with Crippen LogP contribution in [0.15, 0.2) is 0 Å². The number of sulfonamides is 1. The van der Waals surface area contributed by atoms with E-state index in [1.165, 1.54) is 25.5 Å². The van der Waals surface area contributed by atoms with Crippen molar-refractivity contribution in [2.45, 2.75) is 77.0 Å². The van der Waals surface area contributed by atoms with Gasteiger partial charge in [0.25, 0.3) is 0 Å². The van der Waals surface area contributed by atoms with E-state index in [4.69, 9.17) is 0 Å². The number of hydrogen-bond acceptors (Lipinski definition) is 6. The number of amides is 3. The Morgan fingerprint density at radius 1 is 1.26 bits per heavy atom. The fraction of sp³-hybridized carbons (Fsp3) is 0.810. The number of piperidine rings is 1. The quantitative estimate of drug-likeness (QED) is 0.453. The van der Waals surface area contributed by atoms with Crippen molar-refractivity contribution < 1.29 is 36.0 Å². The van der Waals surface area contributed by atoms with E-state index >= 15 is 0 Å². The van der Waals surface area contributed by atoms with E-state index in [-0.39, 0.29) is 31.2 Å². The van der Waals surface area contributed by atoms with Gasteiger partial charge in [-0.15, -0.1) is 0 Å². The number of rotatable bonds is 7. The average Bonchev–Trinajstić information content (AvgIpc) is 3.13. The Hall–Kier alpha value is -2.40. The molecule has 2 aliphatic rings. The molecule has 2 fully saturated rings. The Kier molecular flexibility index (Phi) is 8.81. The van der Waals surface area contributed by atoms with Crippen molar-refractivity contribution in [3.05, 3.63) is 0 Å². The van der Waals surface area contributed by atoms with E-state index in [0.29, 0.717) is 19.4 Å². The van der Waals surface area contributed by atoms with Gasteiger partial charge in [0.05, 0.1) is 6.07 Å². The van der Waals surface area contributed by atoms with Gasteiger partial charge < -0.3 is 15.5 Å². The van der Waals surface area contributed by atoms with Gasteiger partial charge in [-0.05, 0) is 37.0 Å². The highest BCUT2D eigenvalue weighted by Gasteiger charge is 2.51. The lowest BCUT2D eigenvalue weighted by atomic mass is 9.84. The summed E-state index contributed by atoms with van der Waals surface area (Å²) in [7, 11) is -5.83. The topological polar surface area (TPSA) is 148 Å². The van der Waals surface area contributed by atoms with Gasteiger partial charge in [0, 0.05) is 19.0 Å². The Morgan fingerprint density at radius 3 is 2.37 bits per heavy atom. The smallest absolute Gasteiger partial charge is 0.356 e. The molecular formula is C21H32F3N5O5S. The molecule has 0 saturated carbocycles. The van der Waals surface area contributed by atoms with Crippen LogP contribution in [0.1, 0.15) is 53.4 Å². The molecule has 2 saturated heterocycles. The predicted octanol–water partition coefficient (Wildman–Crippen LogP) is 1.00. The Balaban J connectivity index is 2.26. The van der Waals surface area contributed by atoms with Crippen LogP contribution in [0.2, 0.25) is 0 Å². The van der Waals surface area contributed by atoms with Crippen LogP contribution >= 0.6 is 0 Å². The summed E-state index contributed by atoms with van der Waals surface area (Å²) >= 11 is 0. The number of hydrogen-bond donors (Lipinski definition) is 3. The molecule has 2 unspecified atom stereocenters. The first-order chi connectivity index (χ1) is 16.0. The molecule has 2 aliphatic heterocycles. The van der Waals surface area contributed by atoms with Gasteiger partial charge in [-0.1, -0.05) is 27.7 Å². The summed E-state index contributed by atoms with van der Waals surface area (Å²) in [6, 6.07) is -1.97. The number of nitriles is 1. The molecule has 0 spiro atoms. The average molecular weight is 524 g/mol. The van der Waals surface area contributed by atoms with Crippen molar-refractivity contribution in [1.82, 2.24) is 20.3 Å². The van der Waals surface area contributed by atoms with E-state index in [1.807, 2.05) is 13.0 Å². The third-order valence-corrected chi connectivity index (χ3v) is 7.45. The lowest BCUT2D eigenvalue weighted by Gasteiger charge is -2.42. The van der Waals surface area contributed by atoms with Crippen LogP contribution in [0.5, 0.6) is 0 Å². The van der Waals surface area contributed by atoms with Crippen molar-refractivity contribution in [3.8, 4) is 6.07 Å². The fourth-order valence-corrected chi connectivity index (χ4v) is 5.10. The summed E-state index contributed by atoms with van der Waals surface area (Å²) in [6.07, 6.45) is 1.25. The second kappa shape index (κ2) is 10.7. The SMILES string of the molecule is C[C@H]1CCN(C(=O)C(NS(=O)(=O)C(F)(F)F)C(C)(C)C)[C@H](C(=O)NC(C#N)C[C@@H]2CCNC2=O)C1. The highest BCUT2D eigenvalue weighted by Crippen LogP contribution is 2.30. The van der Waals surface area contributed by atoms with Crippen molar-refractivity contribution in [2.24, 2.45) is 17.3 Å². The summed E-state index contributed by atoms with van der Waals surface area (Å²) < 4.78 is 64.1. The van der Waals surface area contributed by atoms with Gasteiger partial charge in [-0.2, -0.15) is 23.2 Å². The van der Waals surface area contributed by atoms with E-state index in [1.54, 1.807) is 0 Å². The fourth-order valence-electron chi connectivity index (χ4n) is 4.21. The highest BCUT2D eigenvalue weighted by molar-refractivity contribution is 7.90. The van der Waals surface area contributed by atoms with E-state index in [2.05, 4.69) is 10.6 Å². The van der Waals surface area contributed by atoms with Crippen LogP contribution in [-0.2, 0) is 24.4 Å². The highest BCUT2D eigenvalue weighted by atomic mass is 32.2. The zero-order chi connectivity index (χ0) is 26.8. The van der Waals surface area contributed by atoms with Crippen LogP contribution in [0, 0.1) is 28.6 Å². The molecule has 0 aliphatic carbocycles. The van der Waals surface area contributed by atoms with Crippen molar-refractivity contribution in [3.63, 3.8) is 0 Å². The first kappa shape index (κ1) is 28.8. The van der Waals surface area contributed by atoms with Gasteiger partial charge in [0.15, 0.2) is 0 Å². The minimum absolute atomic E-state index is 0.00380. The maximum absolute atomic E-state index is 13.4. The monoisotopic (exact) mass is 523 g/mol. The number of halogens is 3. The predicted molar refractivity (Wildman–Crippen MR) is 119 cm³/mol. The van der Waals surface area contributed by atoms with E-state index < -0.39 is 56.8 Å². The van der Waals surface area contributed by atoms with Crippen molar-refractivity contribution >= 4 is 27.7 Å². The molecule has 35 heavy (non-hydrogen) atoms. The number of alkyl halides is 3. The molecule has 0 bridgehead atoms. The van der Waals surface area contributed by atoms with Crippen LogP contribution < -0.4 is 15.4 Å². The lowest BCUT2D eigenvalue weighted by molar-refractivity contribution is -0.146. The van der Waals surface area contributed by atoms with Gasteiger partial charge >= 0.3 is 15.5 Å². The minimum atomic E-state index is -5.83. The number of carbonyl (C=O) groups is 3. The second-order valence-corrected chi connectivity index (χ2v) is 12.0. The third-order valence-electron chi connectivity index (χ3n) is 6.30. The zero-order valence-corrected chi connectivity index (χ0v) is 20.9. The maximum Gasteiger partial charge on any atom is 0.511 e. The van der Waals surface area contributed by atoms with Crippen LogP contribution in [0.25, 0.3) is 0 Å². The first-order valence-electron chi connectivity index (χ1n) is 11.3. The summed E-state index contributed by atoms with van der Waals surface area (Å²) in [5, 5.41) is 14.7. The summed E-state index contributed by atoms with van der Waals surface area (Å²) in [5.41, 5.74) is -6.86. The molecule has 14 heteroatoms. The minimum Gasteiger partial charge on any atom is -0.356 e. The Morgan fingerprint density at radius 2 is 1.89 bits per heavy atom. The number of nitrogens with zero attached hydrogens (tertiary/aromatic N) is 2.